The Kier molecular flexibility index (Phi) is 8.74. The molecule has 0 spiro atoms. The summed E-state index contributed by atoms with van der Waals surface area (Å²) in [5.41, 5.74) is 4.76. The second-order valence-electron chi connectivity index (χ2n) is 8.90. The van der Waals surface area contributed by atoms with Crippen molar-refractivity contribution in [2.24, 2.45) is 5.92 Å². The molecule has 0 saturated heterocycles. The zero-order valence-electron chi connectivity index (χ0n) is 20.9. The van der Waals surface area contributed by atoms with Crippen LogP contribution in [0.5, 0.6) is 5.75 Å². The number of unbranched alkanes of at least 4 members (excludes halogenated alkanes) is 2. The Hall–Kier alpha value is -3.28. The van der Waals surface area contributed by atoms with Crippen molar-refractivity contribution in [1.29, 1.82) is 0 Å². The summed E-state index contributed by atoms with van der Waals surface area (Å²) >= 11 is 0. The van der Waals surface area contributed by atoms with E-state index in [0.29, 0.717) is 17.7 Å². The summed E-state index contributed by atoms with van der Waals surface area (Å²) in [5.74, 6) is 0.302. The number of carbonyl (C=O) groups is 2. The summed E-state index contributed by atoms with van der Waals surface area (Å²) < 4.78 is 10.4. The Morgan fingerprint density at radius 2 is 1.82 bits per heavy atom. The van der Waals surface area contributed by atoms with Gasteiger partial charge in [0.05, 0.1) is 19.8 Å². The number of fused-ring (bicyclic) bond motifs is 1. The highest BCUT2D eigenvalue weighted by molar-refractivity contribution is 5.90. The van der Waals surface area contributed by atoms with Crippen molar-refractivity contribution in [1.82, 2.24) is 10.3 Å². The topological polar surface area (TPSA) is 80.4 Å². The van der Waals surface area contributed by atoms with Crippen LogP contribution in [-0.2, 0) is 16.0 Å². The van der Waals surface area contributed by atoms with Gasteiger partial charge in [0.2, 0.25) is 5.91 Å². The van der Waals surface area contributed by atoms with Gasteiger partial charge in [0.15, 0.2) is 0 Å². The van der Waals surface area contributed by atoms with E-state index in [1.54, 1.807) is 19.2 Å². The van der Waals surface area contributed by atoms with Crippen molar-refractivity contribution < 1.29 is 19.1 Å². The average Bonchev–Trinajstić information content (AvgIpc) is 3.28. The number of esters is 1. The summed E-state index contributed by atoms with van der Waals surface area (Å²) in [6.07, 6.45) is 6.01. The Bertz CT molecular complexity index is 1130. The molecule has 34 heavy (non-hydrogen) atoms. The molecule has 1 aromatic heterocycles. The second-order valence-corrected chi connectivity index (χ2v) is 8.90. The molecule has 6 nitrogen and oxygen atoms in total. The van der Waals surface area contributed by atoms with Crippen molar-refractivity contribution in [2.75, 3.05) is 20.8 Å². The number of aromatic nitrogens is 1. The number of benzene rings is 2. The number of aromatic amines is 1. The number of ether oxygens (including phenoxy) is 2. The molecule has 0 radical (unpaired) electrons. The molecule has 0 aliphatic heterocycles. The van der Waals surface area contributed by atoms with Crippen LogP contribution in [0.15, 0.2) is 42.6 Å². The predicted molar refractivity (Wildman–Crippen MR) is 136 cm³/mol. The average molecular weight is 465 g/mol. The van der Waals surface area contributed by atoms with Crippen LogP contribution in [-0.4, -0.2) is 37.6 Å². The minimum Gasteiger partial charge on any atom is -0.496 e. The van der Waals surface area contributed by atoms with Crippen molar-refractivity contribution in [3.63, 3.8) is 0 Å². The summed E-state index contributed by atoms with van der Waals surface area (Å²) in [4.78, 5) is 27.8. The van der Waals surface area contributed by atoms with Gasteiger partial charge in [-0.3, -0.25) is 4.79 Å². The highest BCUT2D eigenvalue weighted by Gasteiger charge is 2.20. The first-order chi connectivity index (χ1) is 16.4. The van der Waals surface area contributed by atoms with Crippen LogP contribution in [0.3, 0.4) is 0 Å². The minimum absolute atomic E-state index is 0.0323. The Morgan fingerprint density at radius 3 is 2.53 bits per heavy atom. The van der Waals surface area contributed by atoms with E-state index in [-0.39, 0.29) is 17.7 Å². The van der Waals surface area contributed by atoms with Crippen molar-refractivity contribution in [2.45, 2.75) is 52.4 Å². The van der Waals surface area contributed by atoms with Crippen molar-refractivity contribution in [3.05, 3.63) is 64.8 Å². The molecule has 0 fully saturated rings. The molecule has 2 aromatic carbocycles. The van der Waals surface area contributed by atoms with Gasteiger partial charge in [-0.1, -0.05) is 45.7 Å². The Morgan fingerprint density at radius 1 is 1.03 bits per heavy atom. The molecule has 0 saturated carbocycles. The summed E-state index contributed by atoms with van der Waals surface area (Å²) in [7, 11) is 2.97. The van der Waals surface area contributed by atoms with Gasteiger partial charge in [-0.05, 0) is 48.2 Å². The number of carbonyl (C=O) groups excluding carboxylic acids is 2. The number of amides is 1. The first-order valence-electron chi connectivity index (χ1n) is 12.0. The van der Waals surface area contributed by atoms with E-state index in [0.717, 1.165) is 53.4 Å². The molecule has 2 atom stereocenters. The van der Waals surface area contributed by atoms with Gasteiger partial charge in [0, 0.05) is 41.0 Å². The highest BCUT2D eigenvalue weighted by atomic mass is 16.5. The standard InChI is InChI=1S/C28H36N2O4/c1-6-7-8-13-29-27(31)18(2)14-20-9-12-25-23(15-20)24(17-30-25)19(3)22-11-10-21(28(32)34-5)16-26(22)33-4/h9-12,15-19,30H,6-8,13-14H2,1-5H3,(H,29,31). The van der Waals surface area contributed by atoms with E-state index in [1.165, 1.54) is 7.11 Å². The van der Waals surface area contributed by atoms with E-state index in [1.807, 2.05) is 19.2 Å². The highest BCUT2D eigenvalue weighted by Crippen LogP contribution is 2.36. The largest absolute Gasteiger partial charge is 0.496 e. The SMILES string of the molecule is CCCCCNC(=O)C(C)Cc1ccc2[nH]cc(C(C)c3ccc(C(=O)OC)cc3OC)c2c1. The fraction of sp³-hybridized carbons (Fsp3) is 0.429. The Balaban J connectivity index is 1.81. The van der Waals surface area contributed by atoms with Gasteiger partial charge in [0.25, 0.3) is 0 Å². The minimum atomic E-state index is -0.391. The third-order valence-electron chi connectivity index (χ3n) is 6.43. The first-order valence-corrected chi connectivity index (χ1v) is 12.0. The summed E-state index contributed by atoms with van der Waals surface area (Å²) in [5, 5.41) is 4.18. The first kappa shape index (κ1) is 25.3. The molecular weight excluding hydrogens is 428 g/mol. The third-order valence-corrected chi connectivity index (χ3v) is 6.43. The lowest BCUT2D eigenvalue weighted by molar-refractivity contribution is -0.124. The number of rotatable bonds is 11. The molecular formula is C28H36N2O4. The van der Waals surface area contributed by atoms with E-state index >= 15 is 0 Å². The fourth-order valence-electron chi connectivity index (χ4n) is 4.36. The number of nitrogens with one attached hydrogen (secondary N) is 2. The number of methoxy groups -OCH3 is 2. The van der Waals surface area contributed by atoms with Crippen molar-refractivity contribution in [3.8, 4) is 5.75 Å². The van der Waals surface area contributed by atoms with Gasteiger partial charge in [-0.25, -0.2) is 4.79 Å². The number of hydrogen-bond acceptors (Lipinski definition) is 4. The second kappa shape index (κ2) is 11.7. The van der Waals surface area contributed by atoms with E-state index in [2.05, 4.69) is 42.3 Å². The van der Waals surface area contributed by atoms with Gasteiger partial charge in [-0.15, -0.1) is 0 Å². The monoisotopic (exact) mass is 464 g/mol. The lowest BCUT2D eigenvalue weighted by atomic mass is 9.90. The molecule has 1 amide bonds. The molecule has 0 aliphatic carbocycles. The normalized spacial score (nSPS) is 12.9. The maximum atomic E-state index is 12.5. The van der Waals surface area contributed by atoms with E-state index in [9.17, 15) is 9.59 Å². The van der Waals surface area contributed by atoms with Crippen LogP contribution in [0, 0.1) is 5.92 Å². The van der Waals surface area contributed by atoms with Crippen molar-refractivity contribution >= 4 is 22.8 Å². The maximum Gasteiger partial charge on any atom is 0.337 e. The lowest BCUT2D eigenvalue weighted by Gasteiger charge is -2.17. The Labute approximate surface area is 202 Å². The van der Waals surface area contributed by atoms with E-state index < -0.39 is 5.97 Å². The molecule has 1 heterocycles. The van der Waals surface area contributed by atoms with E-state index in [4.69, 9.17) is 9.47 Å². The summed E-state index contributed by atoms with van der Waals surface area (Å²) in [6, 6.07) is 11.7. The lowest BCUT2D eigenvalue weighted by Crippen LogP contribution is -2.31. The number of hydrogen-bond donors (Lipinski definition) is 2. The fourth-order valence-corrected chi connectivity index (χ4v) is 4.36. The zero-order chi connectivity index (χ0) is 24.7. The van der Waals surface area contributed by atoms with Crippen LogP contribution in [0.2, 0.25) is 0 Å². The van der Waals surface area contributed by atoms with Crippen LogP contribution >= 0.6 is 0 Å². The molecule has 6 heteroatoms. The smallest absolute Gasteiger partial charge is 0.337 e. The zero-order valence-corrected chi connectivity index (χ0v) is 20.9. The van der Waals surface area contributed by atoms with Gasteiger partial charge >= 0.3 is 5.97 Å². The molecule has 3 aromatic rings. The number of H-pyrrole nitrogens is 1. The molecule has 3 rings (SSSR count). The van der Waals surface area contributed by atoms with Gasteiger partial charge in [-0.2, -0.15) is 0 Å². The molecule has 2 N–H and O–H groups in total. The third kappa shape index (κ3) is 5.79. The summed E-state index contributed by atoms with van der Waals surface area (Å²) in [6.45, 7) is 7.00. The quantitative estimate of drug-likeness (QED) is 0.286. The maximum absolute atomic E-state index is 12.5. The van der Waals surface area contributed by atoms with Gasteiger partial charge < -0.3 is 19.8 Å². The van der Waals surface area contributed by atoms with Crippen LogP contribution in [0.4, 0.5) is 0 Å². The molecule has 182 valence electrons. The molecule has 0 bridgehead atoms. The predicted octanol–water partition coefficient (Wildman–Crippen LogP) is 5.60. The van der Waals surface area contributed by atoms with Gasteiger partial charge in [0.1, 0.15) is 5.75 Å². The van der Waals surface area contributed by atoms with Crippen LogP contribution in [0.25, 0.3) is 10.9 Å². The van der Waals surface area contributed by atoms with Crippen LogP contribution < -0.4 is 10.1 Å². The van der Waals surface area contributed by atoms with Crippen LogP contribution in [0.1, 0.15) is 73.0 Å². The molecule has 0 aliphatic rings. The molecule has 2 unspecified atom stereocenters.